The van der Waals surface area contributed by atoms with E-state index in [0.717, 1.165) is 25.7 Å². The standard InChI is InChI=1S/C18H32O6/c1-2-16-15(21)12-17(24-16)14(20)11-10-13(19)8-6-4-3-5-7-9-18(22)23/h10-11,13-17,19-21H,2-9,12H2,1H3,(H,22,23)/b11-10+/t13-,14-,15-,16-,17+/m0/s1. The number of carboxylic acid groups (broad SMARTS) is 1. The lowest BCUT2D eigenvalue weighted by molar-refractivity contribution is -0.137. The lowest BCUT2D eigenvalue weighted by Crippen LogP contribution is -2.24. The van der Waals surface area contributed by atoms with Crippen molar-refractivity contribution in [2.75, 3.05) is 0 Å². The van der Waals surface area contributed by atoms with E-state index < -0.39 is 30.4 Å². The SMILES string of the molecule is CC[C@@H]1O[C@@H]([C@@H](O)/C=C/[C@@H](O)CCCCCCCC(=O)O)C[C@@H]1O. The molecule has 0 bridgehead atoms. The van der Waals surface area contributed by atoms with E-state index in [1.807, 2.05) is 6.92 Å². The van der Waals surface area contributed by atoms with Gasteiger partial charge in [-0.25, -0.2) is 0 Å². The summed E-state index contributed by atoms with van der Waals surface area (Å²) in [6.07, 6.45) is 6.92. The second-order valence-corrected chi connectivity index (χ2v) is 6.57. The van der Waals surface area contributed by atoms with Crippen molar-refractivity contribution in [3.05, 3.63) is 12.2 Å². The molecule has 1 rings (SSSR count). The molecule has 6 nitrogen and oxygen atoms in total. The van der Waals surface area contributed by atoms with E-state index in [2.05, 4.69) is 0 Å². The quantitative estimate of drug-likeness (QED) is 0.319. The van der Waals surface area contributed by atoms with Gasteiger partial charge < -0.3 is 25.2 Å². The molecule has 1 heterocycles. The van der Waals surface area contributed by atoms with Gasteiger partial charge in [-0.3, -0.25) is 4.79 Å². The third-order valence-corrected chi connectivity index (χ3v) is 4.46. The number of carboxylic acids is 1. The van der Waals surface area contributed by atoms with Gasteiger partial charge in [0.05, 0.1) is 30.5 Å². The third-order valence-electron chi connectivity index (χ3n) is 4.46. The Hall–Kier alpha value is -0.950. The fourth-order valence-electron chi connectivity index (χ4n) is 2.97. The van der Waals surface area contributed by atoms with Gasteiger partial charge >= 0.3 is 5.97 Å². The lowest BCUT2D eigenvalue weighted by atomic mass is 10.0. The van der Waals surface area contributed by atoms with Crippen LogP contribution in [-0.2, 0) is 9.53 Å². The number of aliphatic carboxylic acids is 1. The summed E-state index contributed by atoms with van der Waals surface area (Å²) < 4.78 is 5.60. The molecule has 1 saturated heterocycles. The van der Waals surface area contributed by atoms with Crippen molar-refractivity contribution in [1.29, 1.82) is 0 Å². The van der Waals surface area contributed by atoms with Gasteiger partial charge in [-0.05, 0) is 19.3 Å². The Morgan fingerprint density at radius 3 is 2.46 bits per heavy atom. The summed E-state index contributed by atoms with van der Waals surface area (Å²) >= 11 is 0. The van der Waals surface area contributed by atoms with Crippen LogP contribution in [0.2, 0.25) is 0 Å². The van der Waals surface area contributed by atoms with E-state index in [4.69, 9.17) is 9.84 Å². The smallest absolute Gasteiger partial charge is 0.303 e. The number of hydrogen-bond acceptors (Lipinski definition) is 5. The molecule has 0 saturated carbocycles. The highest BCUT2D eigenvalue weighted by Gasteiger charge is 2.35. The molecule has 0 aromatic heterocycles. The maximum atomic E-state index is 10.4. The van der Waals surface area contributed by atoms with Crippen LogP contribution in [0.3, 0.4) is 0 Å². The number of ether oxygens (including phenoxy) is 1. The average Bonchev–Trinajstić information content (AvgIpc) is 2.92. The van der Waals surface area contributed by atoms with Crippen molar-refractivity contribution in [2.24, 2.45) is 0 Å². The fourth-order valence-corrected chi connectivity index (χ4v) is 2.97. The molecule has 140 valence electrons. The van der Waals surface area contributed by atoms with Crippen molar-refractivity contribution in [3.63, 3.8) is 0 Å². The normalized spacial score (nSPS) is 26.8. The van der Waals surface area contributed by atoms with E-state index >= 15 is 0 Å². The highest BCUT2D eigenvalue weighted by atomic mass is 16.5. The van der Waals surface area contributed by atoms with Crippen LogP contribution in [0.25, 0.3) is 0 Å². The van der Waals surface area contributed by atoms with Crippen LogP contribution in [0.1, 0.15) is 64.7 Å². The third kappa shape index (κ3) is 8.24. The molecule has 1 aliphatic heterocycles. The number of aliphatic hydroxyl groups is 3. The largest absolute Gasteiger partial charge is 0.481 e. The van der Waals surface area contributed by atoms with E-state index in [-0.39, 0.29) is 12.5 Å². The molecule has 24 heavy (non-hydrogen) atoms. The molecule has 4 N–H and O–H groups in total. The minimum Gasteiger partial charge on any atom is -0.481 e. The fraction of sp³-hybridized carbons (Fsp3) is 0.833. The summed E-state index contributed by atoms with van der Waals surface area (Å²) in [6.45, 7) is 1.93. The summed E-state index contributed by atoms with van der Waals surface area (Å²) in [5, 5.41) is 38.3. The molecule has 0 aromatic carbocycles. The van der Waals surface area contributed by atoms with Crippen molar-refractivity contribution < 1.29 is 30.0 Å². The monoisotopic (exact) mass is 344 g/mol. The first-order chi connectivity index (χ1) is 11.4. The highest BCUT2D eigenvalue weighted by Crippen LogP contribution is 2.25. The zero-order chi connectivity index (χ0) is 17.9. The van der Waals surface area contributed by atoms with E-state index in [9.17, 15) is 20.1 Å². The second kappa shape index (κ2) is 11.6. The zero-order valence-corrected chi connectivity index (χ0v) is 14.5. The molecule has 0 radical (unpaired) electrons. The summed E-state index contributed by atoms with van der Waals surface area (Å²) in [5.41, 5.74) is 0. The van der Waals surface area contributed by atoms with Crippen LogP contribution >= 0.6 is 0 Å². The van der Waals surface area contributed by atoms with Crippen LogP contribution in [0.15, 0.2) is 12.2 Å². The Bertz CT molecular complexity index is 384. The van der Waals surface area contributed by atoms with Crippen molar-refractivity contribution in [3.8, 4) is 0 Å². The molecule has 0 amide bonds. The molecule has 6 heteroatoms. The molecular formula is C18H32O6. The first kappa shape index (κ1) is 21.1. The predicted octanol–water partition coefficient (Wildman–Crippen LogP) is 2.01. The number of unbranched alkanes of at least 4 members (excludes halogenated alkanes) is 4. The average molecular weight is 344 g/mol. The Labute approximate surface area is 144 Å². The Kier molecular flexibility index (Phi) is 10.2. The van der Waals surface area contributed by atoms with Crippen LogP contribution in [-0.4, -0.2) is 56.9 Å². The van der Waals surface area contributed by atoms with Crippen LogP contribution in [0.4, 0.5) is 0 Å². The molecule has 5 atom stereocenters. The van der Waals surface area contributed by atoms with Crippen LogP contribution in [0, 0.1) is 0 Å². The zero-order valence-electron chi connectivity index (χ0n) is 14.5. The number of carbonyl (C=O) groups is 1. The van der Waals surface area contributed by atoms with Crippen LogP contribution < -0.4 is 0 Å². The minimum absolute atomic E-state index is 0.218. The van der Waals surface area contributed by atoms with Crippen molar-refractivity contribution >= 4 is 5.97 Å². The minimum atomic E-state index is -0.818. The lowest BCUT2D eigenvalue weighted by Gasteiger charge is -2.16. The number of aliphatic hydroxyl groups excluding tert-OH is 3. The molecule has 1 aliphatic rings. The second-order valence-electron chi connectivity index (χ2n) is 6.57. The molecule has 0 spiro atoms. The first-order valence-corrected chi connectivity index (χ1v) is 9.03. The summed E-state index contributed by atoms with van der Waals surface area (Å²) in [4.78, 5) is 10.4. The predicted molar refractivity (Wildman–Crippen MR) is 90.7 cm³/mol. The molecule has 0 aromatic rings. The Morgan fingerprint density at radius 1 is 1.17 bits per heavy atom. The van der Waals surface area contributed by atoms with Gasteiger partial charge in [0.25, 0.3) is 0 Å². The van der Waals surface area contributed by atoms with Gasteiger partial charge in [0.1, 0.15) is 0 Å². The summed E-state index contributed by atoms with van der Waals surface area (Å²) in [6, 6.07) is 0. The maximum absolute atomic E-state index is 10.4. The van der Waals surface area contributed by atoms with E-state index in [1.54, 1.807) is 12.2 Å². The van der Waals surface area contributed by atoms with Crippen molar-refractivity contribution in [2.45, 2.75) is 95.2 Å². The molecule has 0 aliphatic carbocycles. The first-order valence-electron chi connectivity index (χ1n) is 9.03. The number of rotatable bonds is 12. The summed E-state index contributed by atoms with van der Waals surface area (Å²) in [5.74, 6) is -0.752. The van der Waals surface area contributed by atoms with Gasteiger partial charge in [0.2, 0.25) is 0 Å². The van der Waals surface area contributed by atoms with Gasteiger partial charge in [-0.15, -0.1) is 0 Å². The van der Waals surface area contributed by atoms with Gasteiger partial charge in [0.15, 0.2) is 0 Å². The Balaban J connectivity index is 2.12. The molecular weight excluding hydrogens is 312 g/mol. The van der Waals surface area contributed by atoms with Gasteiger partial charge in [-0.2, -0.15) is 0 Å². The van der Waals surface area contributed by atoms with Crippen molar-refractivity contribution in [1.82, 2.24) is 0 Å². The molecule has 0 unspecified atom stereocenters. The van der Waals surface area contributed by atoms with Crippen LogP contribution in [0.5, 0.6) is 0 Å². The van der Waals surface area contributed by atoms with E-state index in [0.29, 0.717) is 25.7 Å². The molecule has 1 fully saturated rings. The van der Waals surface area contributed by atoms with E-state index in [1.165, 1.54) is 0 Å². The highest BCUT2D eigenvalue weighted by molar-refractivity contribution is 5.66. The maximum Gasteiger partial charge on any atom is 0.303 e. The summed E-state index contributed by atoms with van der Waals surface area (Å²) in [7, 11) is 0. The topological polar surface area (TPSA) is 107 Å². The van der Waals surface area contributed by atoms with Gasteiger partial charge in [0, 0.05) is 12.8 Å². The number of hydrogen-bond donors (Lipinski definition) is 4. The van der Waals surface area contributed by atoms with Gasteiger partial charge in [-0.1, -0.05) is 44.8 Å². The Morgan fingerprint density at radius 2 is 1.83 bits per heavy atom.